The van der Waals surface area contributed by atoms with E-state index in [1.165, 1.54) is 0 Å². The fourth-order valence-electron chi connectivity index (χ4n) is 3.66. The Morgan fingerprint density at radius 3 is 1.94 bits per heavy atom. The number of phenols is 1. The van der Waals surface area contributed by atoms with Gasteiger partial charge >= 0.3 is 5.97 Å². The average molecular weight is 513 g/mol. The first kappa shape index (κ1) is 24.6. The summed E-state index contributed by atoms with van der Waals surface area (Å²) in [5, 5.41) is 9.81. The summed E-state index contributed by atoms with van der Waals surface area (Å²) in [6.07, 6.45) is 1.73. The van der Waals surface area contributed by atoms with E-state index in [1.807, 2.05) is 24.3 Å². The molecule has 0 aliphatic rings. The molecule has 0 heterocycles. The van der Waals surface area contributed by atoms with Gasteiger partial charge in [-0.15, -0.1) is 0 Å². The van der Waals surface area contributed by atoms with Crippen LogP contribution in [0.25, 0.3) is 0 Å². The summed E-state index contributed by atoms with van der Waals surface area (Å²) in [6.45, 7) is 4.44. The zero-order valence-electron chi connectivity index (χ0n) is 19.3. The van der Waals surface area contributed by atoms with E-state index in [-0.39, 0.29) is 5.75 Å². The van der Waals surface area contributed by atoms with Crippen LogP contribution in [0.4, 0.5) is 0 Å². The number of benzene rings is 3. The maximum Gasteiger partial charge on any atom is 0.343 e. The van der Waals surface area contributed by atoms with E-state index in [0.717, 1.165) is 28.4 Å². The first-order chi connectivity index (χ1) is 15.8. The molecule has 2 atom stereocenters. The third-order valence-electron chi connectivity index (χ3n) is 5.84. The molecule has 0 amide bonds. The van der Waals surface area contributed by atoms with E-state index in [9.17, 15) is 9.90 Å². The standard InChI is InChI=1S/C27H29BrO5/c1-17(13-19-5-11-23(29)25(15-19)31-3)18(2)14-20-6-12-24(26(16-20)32-4)33-27(30)21-7-9-22(28)10-8-21/h5-12,15-18,29H,13-14H2,1-4H3/t17-,18+/m1/s1. The van der Waals surface area contributed by atoms with Crippen molar-refractivity contribution in [2.24, 2.45) is 11.8 Å². The van der Waals surface area contributed by atoms with Gasteiger partial charge in [-0.25, -0.2) is 4.79 Å². The van der Waals surface area contributed by atoms with Crippen molar-refractivity contribution in [2.45, 2.75) is 26.7 Å². The molecule has 33 heavy (non-hydrogen) atoms. The Kier molecular flexibility index (Phi) is 8.39. The van der Waals surface area contributed by atoms with Crippen LogP contribution < -0.4 is 14.2 Å². The molecule has 5 nitrogen and oxygen atoms in total. The Morgan fingerprint density at radius 2 is 1.36 bits per heavy atom. The Bertz CT molecular complexity index is 1090. The molecular weight excluding hydrogens is 484 g/mol. The van der Waals surface area contributed by atoms with Crippen LogP contribution in [-0.2, 0) is 12.8 Å². The van der Waals surface area contributed by atoms with E-state index < -0.39 is 5.97 Å². The lowest BCUT2D eigenvalue weighted by Gasteiger charge is -2.21. The van der Waals surface area contributed by atoms with E-state index in [1.54, 1.807) is 50.6 Å². The molecule has 0 aliphatic carbocycles. The van der Waals surface area contributed by atoms with Gasteiger partial charge in [0.1, 0.15) is 0 Å². The second-order valence-electron chi connectivity index (χ2n) is 8.25. The molecule has 0 unspecified atom stereocenters. The lowest BCUT2D eigenvalue weighted by molar-refractivity contribution is 0.0729. The second kappa shape index (κ2) is 11.2. The zero-order chi connectivity index (χ0) is 24.0. The molecule has 3 rings (SSSR count). The number of carbonyl (C=O) groups excluding carboxylic acids is 1. The van der Waals surface area contributed by atoms with Crippen molar-refractivity contribution in [3.05, 3.63) is 81.8 Å². The molecule has 0 saturated heterocycles. The molecule has 0 radical (unpaired) electrons. The van der Waals surface area contributed by atoms with Crippen molar-refractivity contribution in [3.63, 3.8) is 0 Å². The van der Waals surface area contributed by atoms with Crippen molar-refractivity contribution >= 4 is 21.9 Å². The molecule has 0 bridgehead atoms. The van der Waals surface area contributed by atoms with Crippen LogP contribution >= 0.6 is 15.9 Å². The quantitative estimate of drug-likeness (QED) is 0.263. The van der Waals surface area contributed by atoms with Crippen molar-refractivity contribution in [3.8, 4) is 23.0 Å². The van der Waals surface area contributed by atoms with Crippen LogP contribution in [0.2, 0.25) is 0 Å². The molecule has 1 N–H and O–H groups in total. The van der Waals surface area contributed by atoms with E-state index in [4.69, 9.17) is 14.2 Å². The minimum Gasteiger partial charge on any atom is -0.504 e. The van der Waals surface area contributed by atoms with Crippen LogP contribution in [0.3, 0.4) is 0 Å². The monoisotopic (exact) mass is 512 g/mol. The van der Waals surface area contributed by atoms with Gasteiger partial charge in [0.05, 0.1) is 19.8 Å². The first-order valence-electron chi connectivity index (χ1n) is 10.8. The molecule has 0 spiro atoms. The molecule has 3 aromatic rings. The fraction of sp³-hybridized carbons (Fsp3) is 0.296. The molecule has 174 valence electrons. The largest absolute Gasteiger partial charge is 0.504 e. The molecule has 3 aromatic carbocycles. The van der Waals surface area contributed by atoms with Crippen LogP contribution in [0.15, 0.2) is 65.1 Å². The summed E-state index contributed by atoms with van der Waals surface area (Å²) in [5.41, 5.74) is 2.70. The molecule has 0 aliphatic heterocycles. The van der Waals surface area contributed by atoms with E-state index in [0.29, 0.717) is 34.6 Å². The van der Waals surface area contributed by atoms with Gasteiger partial charge in [-0.2, -0.15) is 0 Å². The average Bonchev–Trinajstić information content (AvgIpc) is 2.81. The minimum atomic E-state index is -0.431. The number of esters is 1. The highest BCUT2D eigenvalue weighted by Crippen LogP contribution is 2.32. The molecule has 0 saturated carbocycles. The summed E-state index contributed by atoms with van der Waals surface area (Å²) in [5.74, 6) is 1.93. The molecule has 6 heteroatoms. The van der Waals surface area contributed by atoms with Gasteiger partial charge in [-0.05, 0) is 84.3 Å². The SMILES string of the molecule is COc1cc(C[C@@H](C)[C@@H](C)Cc2ccc(OC(=O)c3ccc(Br)cc3)c(OC)c2)ccc1O. The Morgan fingerprint density at radius 1 is 0.818 bits per heavy atom. The molecule has 0 fully saturated rings. The van der Waals surface area contributed by atoms with Crippen molar-refractivity contribution < 1.29 is 24.1 Å². The van der Waals surface area contributed by atoms with E-state index >= 15 is 0 Å². The Balaban J connectivity index is 1.65. The maximum atomic E-state index is 12.5. The van der Waals surface area contributed by atoms with Crippen molar-refractivity contribution in [1.29, 1.82) is 0 Å². The normalized spacial score (nSPS) is 12.6. The number of methoxy groups -OCH3 is 2. The molecular formula is C27H29BrO5. The van der Waals surface area contributed by atoms with Gasteiger partial charge < -0.3 is 19.3 Å². The number of hydrogen-bond acceptors (Lipinski definition) is 5. The number of phenolic OH excluding ortho intramolecular Hbond substituents is 1. The minimum absolute atomic E-state index is 0.148. The smallest absolute Gasteiger partial charge is 0.343 e. The summed E-state index contributed by atoms with van der Waals surface area (Å²) in [6, 6.07) is 18.2. The Hall–Kier alpha value is -2.99. The number of aromatic hydroxyl groups is 1. The summed E-state index contributed by atoms with van der Waals surface area (Å²) >= 11 is 3.36. The number of ether oxygens (including phenoxy) is 3. The van der Waals surface area contributed by atoms with Gasteiger partial charge in [-0.3, -0.25) is 0 Å². The summed E-state index contributed by atoms with van der Waals surface area (Å²) in [7, 11) is 3.12. The second-order valence-corrected chi connectivity index (χ2v) is 9.17. The predicted molar refractivity (Wildman–Crippen MR) is 132 cm³/mol. The van der Waals surface area contributed by atoms with Crippen molar-refractivity contribution in [2.75, 3.05) is 14.2 Å². The number of rotatable bonds is 9. The number of hydrogen-bond donors (Lipinski definition) is 1. The Labute approximate surface area is 203 Å². The van der Waals surface area contributed by atoms with Gasteiger partial charge in [0, 0.05) is 4.47 Å². The predicted octanol–water partition coefficient (Wildman–Crippen LogP) is 6.45. The van der Waals surface area contributed by atoms with Crippen LogP contribution in [0.1, 0.15) is 35.3 Å². The maximum absolute atomic E-state index is 12.5. The molecule has 0 aromatic heterocycles. The highest BCUT2D eigenvalue weighted by molar-refractivity contribution is 9.10. The first-order valence-corrected chi connectivity index (χ1v) is 11.6. The van der Waals surface area contributed by atoms with Crippen LogP contribution in [-0.4, -0.2) is 25.3 Å². The van der Waals surface area contributed by atoms with Gasteiger partial charge in [0.15, 0.2) is 23.0 Å². The van der Waals surface area contributed by atoms with E-state index in [2.05, 4.69) is 29.8 Å². The highest BCUT2D eigenvalue weighted by Gasteiger charge is 2.17. The summed E-state index contributed by atoms with van der Waals surface area (Å²) in [4.78, 5) is 12.5. The lowest BCUT2D eigenvalue weighted by Crippen LogP contribution is -2.14. The van der Waals surface area contributed by atoms with Crippen LogP contribution in [0, 0.1) is 11.8 Å². The van der Waals surface area contributed by atoms with Gasteiger partial charge in [0.25, 0.3) is 0 Å². The number of halogens is 1. The van der Waals surface area contributed by atoms with Crippen molar-refractivity contribution in [1.82, 2.24) is 0 Å². The fourth-order valence-corrected chi connectivity index (χ4v) is 3.93. The third kappa shape index (κ3) is 6.51. The summed E-state index contributed by atoms with van der Waals surface area (Å²) < 4.78 is 17.2. The topological polar surface area (TPSA) is 65.0 Å². The zero-order valence-corrected chi connectivity index (χ0v) is 20.9. The lowest BCUT2D eigenvalue weighted by atomic mass is 9.85. The van der Waals surface area contributed by atoms with Gasteiger partial charge in [-0.1, -0.05) is 41.9 Å². The number of carbonyl (C=O) groups is 1. The third-order valence-corrected chi connectivity index (χ3v) is 6.37. The van der Waals surface area contributed by atoms with Crippen LogP contribution in [0.5, 0.6) is 23.0 Å². The van der Waals surface area contributed by atoms with Gasteiger partial charge in [0.2, 0.25) is 0 Å². The highest BCUT2D eigenvalue weighted by atomic mass is 79.9.